The van der Waals surface area contributed by atoms with E-state index in [1.807, 2.05) is 0 Å². The number of ether oxygens (including phenoxy) is 1. The second-order valence-electron chi connectivity index (χ2n) is 5.77. The Morgan fingerprint density at radius 2 is 1.24 bits per heavy atom. The number of hydrogen-bond donors (Lipinski definition) is 0. The van der Waals surface area contributed by atoms with Gasteiger partial charge in [-0.2, -0.15) is 0 Å². The molecule has 0 heterocycles. The fraction of sp³-hybridized carbons (Fsp3) is 0.200. The van der Waals surface area contributed by atoms with Gasteiger partial charge in [-0.3, -0.25) is 0 Å². The Balaban J connectivity index is 1.39. The third-order valence-corrected chi connectivity index (χ3v) is 4.23. The van der Waals surface area contributed by atoms with Gasteiger partial charge in [-0.1, -0.05) is 48.6 Å². The minimum atomic E-state index is 0.675. The van der Waals surface area contributed by atoms with Crippen LogP contribution in [-0.2, 0) is 30.8 Å². The highest BCUT2D eigenvalue weighted by Crippen LogP contribution is 2.22. The van der Waals surface area contributed by atoms with Gasteiger partial charge in [0.25, 0.3) is 0 Å². The summed E-state index contributed by atoms with van der Waals surface area (Å²) >= 11 is 0. The Morgan fingerprint density at radius 3 is 1.76 bits per heavy atom. The maximum Gasteiger partial charge on any atom is 0.0721 e. The van der Waals surface area contributed by atoms with E-state index >= 15 is 0 Å². The summed E-state index contributed by atoms with van der Waals surface area (Å²) in [6.07, 6.45) is 11.0. The normalized spacial score (nSPS) is 14.5. The van der Waals surface area contributed by atoms with Crippen molar-refractivity contribution in [1.82, 2.24) is 0 Å². The molecule has 2 aliphatic rings. The number of allylic oxidation sites excluding steroid dienone is 2. The van der Waals surface area contributed by atoms with E-state index in [-0.39, 0.29) is 0 Å². The smallest absolute Gasteiger partial charge is 0.0721 e. The Morgan fingerprint density at radius 1 is 0.714 bits per heavy atom. The molecule has 0 N–H and O–H groups in total. The summed E-state index contributed by atoms with van der Waals surface area (Å²) in [5, 5.41) is 0. The summed E-state index contributed by atoms with van der Waals surface area (Å²) in [7, 11) is 0. The molecule has 0 radical (unpaired) electrons. The molecule has 0 saturated carbocycles. The van der Waals surface area contributed by atoms with Crippen molar-refractivity contribution in [2.75, 3.05) is 0 Å². The van der Waals surface area contributed by atoms with Crippen LogP contribution in [0.3, 0.4) is 0 Å². The first-order chi connectivity index (χ1) is 10.4. The molecule has 1 nitrogen and oxygen atoms in total. The third kappa shape index (κ3) is 2.57. The molecule has 2 aromatic carbocycles. The molecular weight excluding hydrogens is 256 g/mol. The molecule has 104 valence electrons. The highest BCUT2D eigenvalue weighted by Gasteiger charge is 2.07. The number of benzene rings is 2. The van der Waals surface area contributed by atoms with Crippen molar-refractivity contribution in [2.45, 2.75) is 26.1 Å². The lowest BCUT2D eigenvalue weighted by Crippen LogP contribution is -1.96. The number of rotatable bonds is 4. The summed E-state index contributed by atoms with van der Waals surface area (Å²) in [5.74, 6) is 0. The molecule has 2 aliphatic carbocycles. The van der Waals surface area contributed by atoms with Gasteiger partial charge in [0, 0.05) is 0 Å². The molecule has 2 aromatic rings. The Bertz CT molecular complexity index is 674. The third-order valence-electron chi connectivity index (χ3n) is 4.23. The molecule has 0 unspecified atom stereocenters. The molecule has 0 aromatic heterocycles. The van der Waals surface area contributed by atoms with Crippen molar-refractivity contribution in [3.05, 3.63) is 81.9 Å². The fourth-order valence-electron chi connectivity index (χ4n) is 3.06. The van der Waals surface area contributed by atoms with E-state index in [2.05, 4.69) is 60.7 Å². The van der Waals surface area contributed by atoms with Gasteiger partial charge in [0.05, 0.1) is 13.2 Å². The zero-order valence-corrected chi connectivity index (χ0v) is 12.0. The van der Waals surface area contributed by atoms with Crippen LogP contribution in [0.4, 0.5) is 0 Å². The van der Waals surface area contributed by atoms with E-state index in [4.69, 9.17) is 4.74 Å². The topological polar surface area (TPSA) is 9.23 Å². The van der Waals surface area contributed by atoms with Crippen LogP contribution in [0.1, 0.15) is 33.4 Å². The van der Waals surface area contributed by atoms with E-state index in [0.29, 0.717) is 13.2 Å². The van der Waals surface area contributed by atoms with Crippen LogP contribution in [-0.4, -0.2) is 0 Å². The first-order valence-electron chi connectivity index (χ1n) is 7.53. The zero-order valence-electron chi connectivity index (χ0n) is 12.0. The van der Waals surface area contributed by atoms with Crippen LogP contribution in [0.25, 0.3) is 12.2 Å². The van der Waals surface area contributed by atoms with Crippen molar-refractivity contribution in [1.29, 1.82) is 0 Å². The van der Waals surface area contributed by atoms with Gasteiger partial charge in [-0.25, -0.2) is 0 Å². The summed E-state index contributed by atoms with van der Waals surface area (Å²) in [6, 6.07) is 13.3. The molecule has 0 saturated heterocycles. The van der Waals surface area contributed by atoms with Gasteiger partial charge in [-0.15, -0.1) is 0 Å². The van der Waals surface area contributed by atoms with E-state index in [0.717, 1.165) is 12.8 Å². The average molecular weight is 274 g/mol. The SMILES string of the molecule is C1=Cc2cc(COCc3ccc4c(c3)C=CC4)ccc2C1. The van der Waals surface area contributed by atoms with Gasteiger partial charge in [0.2, 0.25) is 0 Å². The van der Waals surface area contributed by atoms with Crippen LogP contribution in [0.2, 0.25) is 0 Å². The maximum absolute atomic E-state index is 5.88. The van der Waals surface area contributed by atoms with E-state index in [1.165, 1.54) is 33.4 Å². The fourth-order valence-corrected chi connectivity index (χ4v) is 3.06. The Labute approximate surface area is 125 Å². The number of hydrogen-bond acceptors (Lipinski definition) is 1. The second kappa shape index (κ2) is 5.34. The van der Waals surface area contributed by atoms with Gasteiger partial charge in [0.1, 0.15) is 0 Å². The second-order valence-corrected chi connectivity index (χ2v) is 5.77. The lowest BCUT2D eigenvalue weighted by atomic mass is 10.1. The van der Waals surface area contributed by atoms with Crippen LogP contribution in [0.5, 0.6) is 0 Å². The van der Waals surface area contributed by atoms with Crippen LogP contribution in [0.15, 0.2) is 48.6 Å². The van der Waals surface area contributed by atoms with Crippen molar-refractivity contribution < 1.29 is 4.74 Å². The molecular formula is C20H18O. The molecule has 0 fully saturated rings. The first-order valence-corrected chi connectivity index (χ1v) is 7.53. The van der Waals surface area contributed by atoms with Crippen molar-refractivity contribution in [3.8, 4) is 0 Å². The van der Waals surface area contributed by atoms with E-state index < -0.39 is 0 Å². The van der Waals surface area contributed by atoms with Crippen molar-refractivity contribution in [2.24, 2.45) is 0 Å². The molecule has 0 bridgehead atoms. The largest absolute Gasteiger partial charge is 0.372 e. The first kappa shape index (κ1) is 12.6. The predicted molar refractivity (Wildman–Crippen MR) is 86.9 cm³/mol. The molecule has 0 aliphatic heterocycles. The highest BCUT2D eigenvalue weighted by atomic mass is 16.5. The average Bonchev–Trinajstić information content (AvgIpc) is 3.14. The Kier molecular flexibility index (Phi) is 3.21. The van der Waals surface area contributed by atoms with Gasteiger partial charge in [0.15, 0.2) is 0 Å². The maximum atomic E-state index is 5.88. The summed E-state index contributed by atoms with van der Waals surface area (Å²) in [4.78, 5) is 0. The standard InChI is InChI=1S/C20H18O/c1-3-17-9-7-15(11-19(17)5-1)13-21-14-16-8-10-18-4-2-6-20(18)12-16/h1-2,5-12H,3-4,13-14H2. The molecule has 0 atom stereocenters. The Hall–Kier alpha value is -2.12. The quantitative estimate of drug-likeness (QED) is 0.795. The predicted octanol–water partition coefficient (Wildman–Crippen LogP) is 4.54. The van der Waals surface area contributed by atoms with Gasteiger partial charge in [-0.05, 0) is 58.4 Å². The highest BCUT2D eigenvalue weighted by molar-refractivity contribution is 5.61. The van der Waals surface area contributed by atoms with Crippen LogP contribution < -0.4 is 0 Å². The molecule has 1 heteroatoms. The van der Waals surface area contributed by atoms with E-state index in [9.17, 15) is 0 Å². The zero-order chi connectivity index (χ0) is 14.1. The number of fused-ring (bicyclic) bond motifs is 2. The summed E-state index contributed by atoms with van der Waals surface area (Å²) in [5.41, 5.74) is 8.04. The molecule has 0 spiro atoms. The van der Waals surface area contributed by atoms with Crippen LogP contribution in [0, 0.1) is 0 Å². The van der Waals surface area contributed by atoms with E-state index in [1.54, 1.807) is 0 Å². The summed E-state index contributed by atoms with van der Waals surface area (Å²) < 4.78 is 5.88. The van der Waals surface area contributed by atoms with Gasteiger partial charge >= 0.3 is 0 Å². The monoisotopic (exact) mass is 274 g/mol. The van der Waals surface area contributed by atoms with Crippen molar-refractivity contribution >= 4 is 12.2 Å². The van der Waals surface area contributed by atoms with Gasteiger partial charge < -0.3 is 4.74 Å². The minimum absolute atomic E-state index is 0.675. The summed E-state index contributed by atoms with van der Waals surface area (Å²) in [6.45, 7) is 1.35. The lowest BCUT2D eigenvalue weighted by molar-refractivity contribution is 0.107. The van der Waals surface area contributed by atoms with Crippen LogP contribution >= 0.6 is 0 Å². The molecule has 0 amide bonds. The molecule has 4 rings (SSSR count). The molecule has 21 heavy (non-hydrogen) atoms. The van der Waals surface area contributed by atoms with Crippen molar-refractivity contribution in [3.63, 3.8) is 0 Å². The minimum Gasteiger partial charge on any atom is -0.372 e. The lowest BCUT2D eigenvalue weighted by Gasteiger charge is -2.08.